The smallest absolute Gasteiger partial charge is 0.257 e. The lowest BCUT2D eigenvalue weighted by Crippen LogP contribution is -2.30. The molecule has 0 spiro atoms. The average molecular weight is 472 g/mol. The van der Waals surface area contributed by atoms with Gasteiger partial charge in [0.25, 0.3) is 11.8 Å². The minimum Gasteiger partial charge on any atom is -0.383 e. The van der Waals surface area contributed by atoms with E-state index in [9.17, 15) is 23.5 Å². The lowest BCUT2D eigenvalue weighted by molar-refractivity contribution is -0.124. The number of aliphatic hydroxyl groups excluding tert-OH is 1. The molecule has 178 valence electrons. The van der Waals surface area contributed by atoms with E-state index < -0.39 is 35.4 Å². The summed E-state index contributed by atoms with van der Waals surface area (Å²) in [4.78, 5) is 28.8. The molecule has 0 aliphatic heterocycles. The first-order valence-corrected chi connectivity index (χ1v) is 10.3. The first kappa shape index (κ1) is 24.7. The summed E-state index contributed by atoms with van der Waals surface area (Å²) in [6.45, 7) is 5.04. The molecule has 0 radical (unpaired) electrons. The predicted octanol–water partition coefficient (Wildman–Crippen LogP) is 3.87. The second-order valence-corrected chi connectivity index (χ2v) is 7.98. The average Bonchev–Trinajstić information content (AvgIpc) is 2.76. The molecule has 2 amide bonds. The lowest BCUT2D eigenvalue weighted by atomic mass is 9.99. The quantitative estimate of drug-likeness (QED) is 0.435. The second kappa shape index (κ2) is 9.92. The van der Waals surface area contributed by atoms with Crippen LogP contribution in [0.2, 0.25) is 0 Å². The van der Waals surface area contributed by atoms with E-state index in [2.05, 4.69) is 15.6 Å². The van der Waals surface area contributed by atoms with Crippen LogP contribution in [-0.4, -0.2) is 27.9 Å². The number of nitrogens with two attached hydrogens (primary N) is 1. The van der Waals surface area contributed by atoms with E-state index >= 15 is 4.39 Å². The van der Waals surface area contributed by atoms with Crippen molar-refractivity contribution in [3.63, 3.8) is 0 Å². The Labute approximate surface area is 193 Å². The van der Waals surface area contributed by atoms with Crippen LogP contribution in [0, 0.1) is 24.4 Å². The highest BCUT2D eigenvalue weighted by atomic mass is 19.1. The Hall–Kier alpha value is -3.92. The highest BCUT2D eigenvalue weighted by molar-refractivity contribution is 6.00. The molecule has 7 nitrogen and oxygen atoms in total. The van der Waals surface area contributed by atoms with Gasteiger partial charge in [0.15, 0.2) is 6.10 Å². The number of hydrogen-bond donors (Lipinski definition) is 4. The summed E-state index contributed by atoms with van der Waals surface area (Å²) in [5, 5.41) is 15.1. The maximum absolute atomic E-state index is 15.1. The zero-order valence-electron chi connectivity index (χ0n) is 18.6. The lowest BCUT2D eigenvalue weighted by Gasteiger charge is -2.16. The van der Waals surface area contributed by atoms with Crippen LogP contribution in [0.3, 0.4) is 0 Å². The van der Waals surface area contributed by atoms with Gasteiger partial charge in [0.2, 0.25) is 0 Å². The van der Waals surface area contributed by atoms with Crippen molar-refractivity contribution < 1.29 is 27.9 Å². The number of hydrogen-bond acceptors (Lipinski definition) is 5. The Bertz CT molecular complexity index is 1240. The molecule has 5 N–H and O–H groups in total. The highest BCUT2D eigenvalue weighted by Crippen LogP contribution is 2.31. The van der Waals surface area contributed by atoms with E-state index in [0.717, 1.165) is 12.1 Å². The molecule has 10 heteroatoms. The van der Waals surface area contributed by atoms with Crippen molar-refractivity contribution in [1.82, 2.24) is 10.3 Å². The minimum atomic E-state index is -1.92. The van der Waals surface area contributed by atoms with Crippen molar-refractivity contribution >= 4 is 23.3 Å². The molecule has 1 heterocycles. The number of nitrogen functional groups attached to an aromatic ring is 1. The maximum Gasteiger partial charge on any atom is 0.257 e. The SMILES string of the molecule is Cc1c(-c2cnc(N)c(C(=O)NC(C)C)c2)ccc(NC(=O)[C@H](O)c2cc(F)cc(F)c2)c1F. The number of aromatic nitrogens is 1. The first-order valence-electron chi connectivity index (χ1n) is 10.3. The Morgan fingerprint density at radius 2 is 1.71 bits per heavy atom. The minimum absolute atomic E-state index is 0.0201. The molecule has 1 aromatic heterocycles. The number of nitrogens with one attached hydrogen (secondary N) is 2. The third-order valence-electron chi connectivity index (χ3n) is 4.99. The first-order chi connectivity index (χ1) is 16.0. The van der Waals surface area contributed by atoms with E-state index in [0.29, 0.717) is 17.2 Å². The Balaban J connectivity index is 1.88. The molecule has 0 aliphatic rings. The Morgan fingerprint density at radius 3 is 2.32 bits per heavy atom. The van der Waals surface area contributed by atoms with Gasteiger partial charge in [0, 0.05) is 23.9 Å². The Morgan fingerprint density at radius 1 is 1.06 bits per heavy atom. The number of amides is 2. The topological polar surface area (TPSA) is 117 Å². The summed E-state index contributed by atoms with van der Waals surface area (Å²) in [7, 11) is 0. The van der Waals surface area contributed by atoms with E-state index in [-0.39, 0.29) is 34.2 Å². The van der Waals surface area contributed by atoms with Gasteiger partial charge >= 0.3 is 0 Å². The maximum atomic E-state index is 15.1. The van der Waals surface area contributed by atoms with Crippen LogP contribution < -0.4 is 16.4 Å². The molecular weight excluding hydrogens is 449 g/mol. The second-order valence-electron chi connectivity index (χ2n) is 7.98. The zero-order valence-corrected chi connectivity index (χ0v) is 18.6. The fraction of sp³-hybridized carbons (Fsp3) is 0.208. The van der Waals surface area contributed by atoms with Crippen LogP contribution in [0.4, 0.5) is 24.7 Å². The van der Waals surface area contributed by atoms with Gasteiger partial charge in [-0.15, -0.1) is 0 Å². The number of aliphatic hydroxyl groups is 1. The molecule has 0 saturated heterocycles. The molecule has 3 aromatic rings. The van der Waals surface area contributed by atoms with Crippen LogP contribution in [0.15, 0.2) is 42.6 Å². The van der Waals surface area contributed by atoms with Crippen molar-refractivity contribution in [1.29, 1.82) is 0 Å². The molecule has 1 atom stereocenters. The molecule has 2 aromatic carbocycles. The van der Waals surface area contributed by atoms with Gasteiger partial charge in [-0.25, -0.2) is 18.2 Å². The Kier molecular flexibility index (Phi) is 7.21. The molecule has 0 bridgehead atoms. The summed E-state index contributed by atoms with van der Waals surface area (Å²) in [6, 6.07) is 6.33. The number of nitrogens with zero attached hydrogens (tertiary/aromatic N) is 1. The van der Waals surface area contributed by atoms with E-state index in [1.54, 1.807) is 13.8 Å². The van der Waals surface area contributed by atoms with Crippen molar-refractivity contribution in [2.24, 2.45) is 0 Å². The van der Waals surface area contributed by atoms with Crippen molar-refractivity contribution in [3.05, 3.63) is 76.7 Å². The zero-order chi connectivity index (χ0) is 25.2. The number of pyridine rings is 1. The molecule has 0 fully saturated rings. The van der Waals surface area contributed by atoms with Crippen LogP contribution in [0.25, 0.3) is 11.1 Å². The summed E-state index contributed by atoms with van der Waals surface area (Å²) in [5.74, 6) is -4.21. The van der Waals surface area contributed by atoms with Crippen LogP contribution in [-0.2, 0) is 4.79 Å². The van der Waals surface area contributed by atoms with Gasteiger partial charge in [-0.3, -0.25) is 9.59 Å². The molecule has 0 aliphatic carbocycles. The van der Waals surface area contributed by atoms with Crippen molar-refractivity contribution in [3.8, 4) is 11.1 Å². The third-order valence-corrected chi connectivity index (χ3v) is 4.99. The number of benzene rings is 2. The number of rotatable bonds is 6. The fourth-order valence-electron chi connectivity index (χ4n) is 3.32. The monoisotopic (exact) mass is 472 g/mol. The van der Waals surface area contributed by atoms with Crippen LogP contribution in [0.5, 0.6) is 0 Å². The van der Waals surface area contributed by atoms with Crippen LogP contribution >= 0.6 is 0 Å². The van der Waals surface area contributed by atoms with E-state index in [4.69, 9.17) is 5.73 Å². The highest BCUT2D eigenvalue weighted by Gasteiger charge is 2.22. The summed E-state index contributed by atoms with van der Waals surface area (Å²) < 4.78 is 41.8. The molecule has 34 heavy (non-hydrogen) atoms. The fourth-order valence-corrected chi connectivity index (χ4v) is 3.32. The largest absolute Gasteiger partial charge is 0.383 e. The van der Waals surface area contributed by atoms with Gasteiger partial charge in [0.1, 0.15) is 23.3 Å². The van der Waals surface area contributed by atoms with Gasteiger partial charge in [-0.1, -0.05) is 6.07 Å². The van der Waals surface area contributed by atoms with E-state index in [1.807, 2.05) is 0 Å². The van der Waals surface area contributed by atoms with Gasteiger partial charge in [0.05, 0.1) is 11.3 Å². The summed E-state index contributed by atoms with van der Waals surface area (Å²) >= 11 is 0. The number of anilines is 2. The normalized spacial score (nSPS) is 11.9. The van der Waals surface area contributed by atoms with Crippen molar-refractivity contribution in [2.45, 2.75) is 32.9 Å². The summed E-state index contributed by atoms with van der Waals surface area (Å²) in [5.41, 5.74) is 6.34. The molecular formula is C24H23F3N4O3. The summed E-state index contributed by atoms with van der Waals surface area (Å²) in [6.07, 6.45) is -0.531. The van der Waals surface area contributed by atoms with Gasteiger partial charge in [-0.05, 0) is 61.7 Å². The van der Waals surface area contributed by atoms with Gasteiger partial charge in [-0.2, -0.15) is 0 Å². The van der Waals surface area contributed by atoms with Crippen LogP contribution in [0.1, 0.15) is 41.4 Å². The van der Waals surface area contributed by atoms with Crippen molar-refractivity contribution in [2.75, 3.05) is 11.1 Å². The molecule has 0 unspecified atom stereocenters. The molecule has 0 saturated carbocycles. The third kappa shape index (κ3) is 5.34. The standard InChI is InChI=1S/C24H23F3N4O3/c1-11(2)30-23(33)18-8-14(10-29-22(18)28)17-4-5-19(20(27)12(17)3)31-24(34)21(32)13-6-15(25)9-16(26)7-13/h4-11,21,32H,1-3H3,(H2,28,29)(H,30,33)(H,31,34)/t21-/m1/s1. The predicted molar refractivity (Wildman–Crippen MR) is 121 cm³/mol. The molecule has 3 rings (SSSR count). The number of carbonyl (C=O) groups is 2. The number of halogens is 3. The van der Waals surface area contributed by atoms with Gasteiger partial charge < -0.3 is 21.5 Å². The van der Waals surface area contributed by atoms with E-state index in [1.165, 1.54) is 31.3 Å². The number of carbonyl (C=O) groups excluding carboxylic acids is 2.